The van der Waals surface area contributed by atoms with Crippen molar-refractivity contribution in [2.24, 2.45) is 0 Å². The Hall–Kier alpha value is -2.05. The molecule has 1 aromatic rings. The molecule has 128 valence electrons. The van der Waals surface area contributed by atoms with Crippen LogP contribution in [0.5, 0.6) is 0 Å². The molecule has 1 atom stereocenters. The predicted molar refractivity (Wildman–Crippen MR) is 76.2 cm³/mol. The molecule has 4 nitrogen and oxygen atoms in total. The Morgan fingerprint density at radius 2 is 1.61 bits per heavy atom. The van der Waals surface area contributed by atoms with Gasteiger partial charge in [0.25, 0.3) is 0 Å². The van der Waals surface area contributed by atoms with E-state index in [0.717, 1.165) is 0 Å². The summed E-state index contributed by atoms with van der Waals surface area (Å²) in [6.07, 6.45) is 0.171. The van der Waals surface area contributed by atoms with Gasteiger partial charge < -0.3 is 9.47 Å². The van der Waals surface area contributed by atoms with Gasteiger partial charge in [0.15, 0.2) is 0 Å². The zero-order valence-corrected chi connectivity index (χ0v) is 13.0. The van der Waals surface area contributed by atoms with Crippen LogP contribution in [0.3, 0.4) is 0 Å². The van der Waals surface area contributed by atoms with E-state index in [1.807, 2.05) is 0 Å². The molecule has 0 aliphatic carbocycles. The number of rotatable bonds is 8. The lowest BCUT2D eigenvalue weighted by Crippen LogP contribution is -2.19. The zero-order valence-electron chi connectivity index (χ0n) is 13.0. The Kier molecular flexibility index (Phi) is 7.57. The Morgan fingerprint density at radius 3 is 2.13 bits per heavy atom. The maximum atomic E-state index is 13.9. The van der Waals surface area contributed by atoms with Crippen molar-refractivity contribution < 1.29 is 32.2 Å². The van der Waals surface area contributed by atoms with E-state index < -0.39 is 40.9 Å². The Bertz CT molecular complexity index is 537. The van der Waals surface area contributed by atoms with E-state index in [-0.39, 0.29) is 32.5 Å². The largest absolute Gasteiger partial charge is 0.466 e. The molecule has 7 heteroatoms. The highest BCUT2D eigenvalue weighted by Gasteiger charge is 2.29. The smallest absolute Gasteiger partial charge is 0.313 e. The molecule has 0 aromatic heterocycles. The summed E-state index contributed by atoms with van der Waals surface area (Å²) in [5.74, 6) is -5.91. The number of benzene rings is 1. The van der Waals surface area contributed by atoms with Gasteiger partial charge in [0, 0.05) is 24.1 Å². The Labute approximate surface area is 132 Å². The van der Waals surface area contributed by atoms with Gasteiger partial charge in [-0.05, 0) is 26.7 Å². The minimum Gasteiger partial charge on any atom is -0.466 e. The lowest BCUT2D eigenvalue weighted by atomic mass is 9.92. The molecule has 0 aliphatic heterocycles. The van der Waals surface area contributed by atoms with Crippen molar-refractivity contribution in [3.8, 4) is 0 Å². The van der Waals surface area contributed by atoms with Gasteiger partial charge in [0.05, 0.1) is 19.1 Å². The molecule has 0 aliphatic rings. The summed E-state index contributed by atoms with van der Waals surface area (Å²) in [6, 6.07) is 1.02. The van der Waals surface area contributed by atoms with E-state index in [1.165, 1.54) is 0 Å². The first kappa shape index (κ1) is 19.0. The van der Waals surface area contributed by atoms with E-state index in [9.17, 15) is 22.8 Å². The fourth-order valence-corrected chi connectivity index (χ4v) is 2.19. The van der Waals surface area contributed by atoms with Gasteiger partial charge in [-0.2, -0.15) is 0 Å². The molecule has 0 saturated heterocycles. The maximum Gasteiger partial charge on any atom is 0.313 e. The minimum absolute atomic E-state index is 0.00811. The number of hydrogen-bond acceptors (Lipinski definition) is 4. The molecule has 0 spiro atoms. The molecule has 0 saturated carbocycles. The average molecular weight is 332 g/mol. The Morgan fingerprint density at radius 1 is 1.04 bits per heavy atom. The van der Waals surface area contributed by atoms with Crippen molar-refractivity contribution in [3.63, 3.8) is 0 Å². The SMILES string of the molecule is CCOC(=O)CCCC(C(=O)OCC)c1c(F)cc(F)cc1F. The van der Waals surface area contributed by atoms with E-state index in [2.05, 4.69) is 0 Å². The van der Waals surface area contributed by atoms with Crippen LogP contribution in [0.15, 0.2) is 12.1 Å². The molecule has 0 heterocycles. The number of ether oxygens (including phenoxy) is 2. The monoisotopic (exact) mass is 332 g/mol. The molecule has 1 aromatic carbocycles. The lowest BCUT2D eigenvalue weighted by Gasteiger charge is -2.17. The number of carbonyl (C=O) groups excluding carboxylic acids is 2. The molecule has 23 heavy (non-hydrogen) atoms. The van der Waals surface area contributed by atoms with Crippen molar-refractivity contribution in [1.82, 2.24) is 0 Å². The third-order valence-electron chi connectivity index (χ3n) is 3.14. The van der Waals surface area contributed by atoms with Crippen LogP contribution in [0.25, 0.3) is 0 Å². The van der Waals surface area contributed by atoms with Gasteiger partial charge in [-0.15, -0.1) is 0 Å². The fourth-order valence-electron chi connectivity index (χ4n) is 2.19. The first-order valence-electron chi connectivity index (χ1n) is 7.37. The van der Waals surface area contributed by atoms with Crippen LogP contribution >= 0.6 is 0 Å². The fraction of sp³-hybridized carbons (Fsp3) is 0.500. The van der Waals surface area contributed by atoms with Crippen molar-refractivity contribution in [2.75, 3.05) is 13.2 Å². The first-order valence-corrected chi connectivity index (χ1v) is 7.37. The average Bonchev–Trinajstić information content (AvgIpc) is 2.45. The van der Waals surface area contributed by atoms with Gasteiger partial charge in [0.2, 0.25) is 0 Å². The number of esters is 2. The summed E-state index contributed by atoms with van der Waals surface area (Å²) in [5.41, 5.74) is -0.547. The number of halogens is 3. The van der Waals surface area contributed by atoms with Gasteiger partial charge in [-0.25, -0.2) is 13.2 Å². The van der Waals surface area contributed by atoms with Gasteiger partial charge in [0.1, 0.15) is 17.5 Å². The second-order valence-corrected chi connectivity index (χ2v) is 4.78. The zero-order chi connectivity index (χ0) is 17.4. The molecule has 1 unspecified atom stereocenters. The molecule has 0 N–H and O–H groups in total. The van der Waals surface area contributed by atoms with Crippen LogP contribution in [0, 0.1) is 17.5 Å². The molecular formula is C16H19F3O4. The number of hydrogen-bond donors (Lipinski definition) is 0. The van der Waals surface area contributed by atoms with Crippen LogP contribution in [-0.4, -0.2) is 25.2 Å². The highest BCUT2D eigenvalue weighted by molar-refractivity contribution is 5.78. The molecule has 0 fully saturated rings. The normalized spacial score (nSPS) is 11.9. The summed E-state index contributed by atoms with van der Waals surface area (Å²) in [4.78, 5) is 23.3. The molecule has 0 radical (unpaired) electrons. The van der Waals surface area contributed by atoms with Gasteiger partial charge in [-0.3, -0.25) is 9.59 Å². The van der Waals surface area contributed by atoms with Gasteiger partial charge in [-0.1, -0.05) is 0 Å². The van der Waals surface area contributed by atoms with Crippen LogP contribution in [-0.2, 0) is 19.1 Å². The molecule has 0 bridgehead atoms. The topological polar surface area (TPSA) is 52.6 Å². The highest BCUT2D eigenvalue weighted by Crippen LogP contribution is 2.29. The highest BCUT2D eigenvalue weighted by atomic mass is 19.1. The standard InChI is InChI=1S/C16H19F3O4/c1-3-22-14(20)7-5-6-11(16(21)23-4-2)15-12(18)8-10(17)9-13(15)19/h8-9,11H,3-7H2,1-2H3. The van der Waals surface area contributed by atoms with Crippen molar-refractivity contribution >= 4 is 11.9 Å². The summed E-state index contributed by atoms with van der Waals surface area (Å²) >= 11 is 0. The van der Waals surface area contributed by atoms with E-state index >= 15 is 0 Å². The van der Waals surface area contributed by atoms with Gasteiger partial charge >= 0.3 is 11.9 Å². The Balaban J connectivity index is 2.93. The van der Waals surface area contributed by atoms with Crippen LogP contribution in [0.1, 0.15) is 44.6 Å². The molecule has 1 rings (SSSR count). The number of carbonyl (C=O) groups is 2. The van der Waals surface area contributed by atoms with E-state index in [1.54, 1.807) is 13.8 Å². The van der Waals surface area contributed by atoms with Crippen molar-refractivity contribution in [2.45, 2.75) is 39.0 Å². The molecular weight excluding hydrogens is 313 g/mol. The second-order valence-electron chi connectivity index (χ2n) is 4.78. The van der Waals surface area contributed by atoms with E-state index in [4.69, 9.17) is 9.47 Å². The summed E-state index contributed by atoms with van der Waals surface area (Å²) in [6.45, 7) is 3.48. The quantitative estimate of drug-likeness (QED) is 0.684. The first-order chi connectivity index (χ1) is 10.9. The summed E-state index contributed by atoms with van der Waals surface area (Å²) in [5, 5.41) is 0. The second kappa shape index (κ2) is 9.17. The van der Waals surface area contributed by atoms with E-state index in [0.29, 0.717) is 12.1 Å². The molecule has 0 amide bonds. The summed E-state index contributed by atoms with van der Waals surface area (Å²) in [7, 11) is 0. The maximum absolute atomic E-state index is 13.9. The van der Waals surface area contributed by atoms with Crippen LogP contribution < -0.4 is 0 Å². The third-order valence-corrected chi connectivity index (χ3v) is 3.14. The van der Waals surface area contributed by atoms with Crippen LogP contribution in [0.4, 0.5) is 13.2 Å². The van der Waals surface area contributed by atoms with Crippen molar-refractivity contribution in [1.29, 1.82) is 0 Å². The van der Waals surface area contributed by atoms with Crippen LogP contribution in [0.2, 0.25) is 0 Å². The summed E-state index contributed by atoms with van der Waals surface area (Å²) < 4.78 is 50.4. The third kappa shape index (κ3) is 5.58. The lowest BCUT2D eigenvalue weighted by molar-refractivity contribution is -0.146. The minimum atomic E-state index is -1.25. The predicted octanol–water partition coefficient (Wildman–Crippen LogP) is 3.48. The van der Waals surface area contributed by atoms with Crippen molar-refractivity contribution in [3.05, 3.63) is 35.1 Å².